The van der Waals surface area contributed by atoms with Crippen LogP contribution in [-0.4, -0.2) is 39.4 Å². The minimum atomic E-state index is -0.174. The zero-order valence-electron chi connectivity index (χ0n) is 21.8. The number of carbonyl (C=O) groups excluding carboxylic acids is 1. The average Bonchev–Trinajstić information content (AvgIpc) is 3.34. The van der Waals surface area contributed by atoms with Crippen molar-refractivity contribution in [3.8, 4) is 11.6 Å². The van der Waals surface area contributed by atoms with E-state index in [4.69, 9.17) is 37.7 Å². The van der Waals surface area contributed by atoms with E-state index in [1.807, 2.05) is 51.1 Å². The summed E-state index contributed by atoms with van der Waals surface area (Å²) in [4.78, 5) is 20.5. The molecular weight excluding hydrogens is 540 g/mol. The number of aromatic nitrogens is 2. The van der Waals surface area contributed by atoms with Gasteiger partial charge in [0.2, 0.25) is 5.88 Å². The normalized spacial score (nSPS) is 13.7. The number of amides is 1. The zero-order chi connectivity index (χ0) is 27.0. The van der Waals surface area contributed by atoms with Gasteiger partial charge < -0.3 is 18.7 Å². The molecule has 2 aromatic heterocycles. The standard InChI is InChI=1S/C29H30Cl2N3O3P/c1-17(2)37-24-14-23(30)21-10-12-33(29(35)25(21)26(24)31)15-22-20-11-13-34(38-4)27(20)18(3)32-28(22)36-16-19-8-6-5-7-9-19/h5-9,11,13-14,17,38H,10,12,15-16H2,1-4H3. The first kappa shape index (κ1) is 26.8. The van der Waals surface area contributed by atoms with Crippen LogP contribution < -0.4 is 9.47 Å². The molecule has 0 bridgehead atoms. The summed E-state index contributed by atoms with van der Waals surface area (Å²) < 4.78 is 14.3. The zero-order valence-corrected chi connectivity index (χ0v) is 24.4. The van der Waals surface area contributed by atoms with Crippen LogP contribution in [0.2, 0.25) is 10.0 Å². The fourth-order valence-electron chi connectivity index (χ4n) is 4.91. The molecule has 1 unspecified atom stereocenters. The second-order valence-electron chi connectivity index (χ2n) is 9.59. The van der Waals surface area contributed by atoms with E-state index in [9.17, 15) is 4.79 Å². The third kappa shape index (κ3) is 5.10. The third-order valence-corrected chi connectivity index (χ3v) is 8.24. The first-order valence-electron chi connectivity index (χ1n) is 12.6. The van der Waals surface area contributed by atoms with Crippen molar-refractivity contribution < 1.29 is 14.3 Å². The first-order chi connectivity index (χ1) is 18.3. The second-order valence-corrected chi connectivity index (χ2v) is 11.3. The Kier molecular flexibility index (Phi) is 7.85. The molecule has 1 atom stereocenters. The molecule has 5 rings (SSSR count). The van der Waals surface area contributed by atoms with E-state index in [0.29, 0.717) is 62.1 Å². The molecule has 0 N–H and O–H groups in total. The van der Waals surface area contributed by atoms with Gasteiger partial charge >= 0.3 is 0 Å². The van der Waals surface area contributed by atoms with Crippen molar-refractivity contribution in [1.29, 1.82) is 0 Å². The maximum absolute atomic E-state index is 13.8. The van der Waals surface area contributed by atoms with Gasteiger partial charge in [0.25, 0.3) is 5.91 Å². The van der Waals surface area contributed by atoms with Crippen molar-refractivity contribution >= 4 is 48.7 Å². The van der Waals surface area contributed by atoms with Crippen LogP contribution in [0.1, 0.15) is 46.6 Å². The predicted molar refractivity (Wildman–Crippen MR) is 156 cm³/mol. The number of aryl methyl sites for hydroxylation is 1. The van der Waals surface area contributed by atoms with Crippen LogP contribution in [0, 0.1) is 6.92 Å². The summed E-state index contributed by atoms with van der Waals surface area (Å²) in [6, 6.07) is 13.8. The van der Waals surface area contributed by atoms with E-state index in [1.54, 1.807) is 11.0 Å². The molecule has 1 aliphatic heterocycles. The quantitative estimate of drug-likeness (QED) is 0.209. The first-order valence-corrected chi connectivity index (χ1v) is 14.8. The summed E-state index contributed by atoms with van der Waals surface area (Å²) in [6.07, 6.45) is 2.57. The van der Waals surface area contributed by atoms with Gasteiger partial charge in [-0.3, -0.25) is 4.79 Å². The highest BCUT2D eigenvalue weighted by molar-refractivity contribution is 7.35. The SMILES string of the molecule is CPn1ccc2c(CN3CCc4c(Cl)cc(OC(C)C)c(Cl)c4C3=O)c(OCc3ccccc3)nc(C)c21. The molecule has 0 radical (unpaired) electrons. The molecule has 2 aromatic carbocycles. The smallest absolute Gasteiger partial charge is 0.256 e. The lowest BCUT2D eigenvalue weighted by Gasteiger charge is -2.31. The number of hydrogen-bond donors (Lipinski definition) is 0. The third-order valence-electron chi connectivity index (χ3n) is 6.67. The largest absolute Gasteiger partial charge is 0.489 e. The van der Waals surface area contributed by atoms with Gasteiger partial charge in [-0.2, -0.15) is 0 Å². The molecule has 0 aliphatic carbocycles. The van der Waals surface area contributed by atoms with Gasteiger partial charge in [-0.1, -0.05) is 53.5 Å². The molecule has 9 heteroatoms. The Balaban J connectivity index is 1.54. The summed E-state index contributed by atoms with van der Waals surface area (Å²) >= 11 is 13.3. The summed E-state index contributed by atoms with van der Waals surface area (Å²) in [5.41, 5.74) is 5.06. The maximum Gasteiger partial charge on any atom is 0.256 e. The van der Waals surface area contributed by atoms with Crippen LogP contribution >= 0.6 is 31.9 Å². The maximum atomic E-state index is 13.8. The number of rotatable bonds is 8. The van der Waals surface area contributed by atoms with Gasteiger partial charge in [-0.05, 0) is 59.8 Å². The van der Waals surface area contributed by atoms with Crippen molar-refractivity contribution in [1.82, 2.24) is 14.2 Å². The molecule has 0 saturated carbocycles. The topological polar surface area (TPSA) is 56.6 Å². The molecule has 1 amide bonds. The van der Waals surface area contributed by atoms with Gasteiger partial charge in [0.15, 0.2) is 0 Å². The van der Waals surface area contributed by atoms with Crippen molar-refractivity contribution in [2.45, 2.75) is 46.4 Å². The van der Waals surface area contributed by atoms with Crippen LogP contribution in [0.15, 0.2) is 48.7 Å². The van der Waals surface area contributed by atoms with Crippen molar-refractivity contribution in [2.24, 2.45) is 0 Å². The van der Waals surface area contributed by atoms with Crippen LogP contribution in [0.25, 0.3) is 10.9 Å². The average molecular weight is 570 g/mol. The van der Waals surface area contributed by atoms with Crippen LogP contribution in [0.4, 0.5) is 0 Å². The molecule has 4 aromatic rings. The Bertz CT molecular complexity index is 1500. The van der Waals surface area contributed by atoms with Gasteiger partial charge in [0.05, 0.1) is 34.4 Å². The van der Waals surface area contributed by atoms with Gasteiger partial charge in [0.1, 0.15) is 12.4 Å². The number of nitrogens with zero attached hydrogens (tertiary/aromatic N) is 3. The van der Waals surface area contributed by atoms with Crippen molar-refractivity contribution in [3.63, 3.8) is 0 Å². The molecule has 6 nitrogen and oxygen atoms in total. The minimum absolute atomic E-state index is 0.101. The molecule has 0 fully saturated rings. The van der Waals surface area contributed by atoms with Crippen molar-refractivity contribution in [2.75, 3.05) is 13.2 Å². The Morgan fingerprint density at radius 1 is 1.16 bits per heavy atom. The second kappa shape index (κ2) is 11.1. The summed E-state index contributed by atoms with van der Waals surface area (Å²) in [6.45, 7) is 9.18. The number of hydrogen-bond acceptors (Lipinski definition) is 4. The monoisotopic (exact) mass is 569 g/mol. The number of benzene rings is 2. The Morgan fingerprint density at radius 2 is 1.92 bits per heavy atom. The highest BCUT2D eigenvalue weighted by Crippen LogP contribution is 2.40. The summed E-state index contributed by atoms with van der Waals surface area (Å²) in [5, 5.41) is 1.84. The van der Waals surface area contributed by atoms with E-state index in [2.05, 4.69) is 23.3 Å². The Morgan fingerprint density at radius 3 is 2.63 bits per heavy atom. The lowest BCUT2D eigenvalue weighted by atomic mass is 9.97. The minimum Gasteiger partial charge on any atom is -0.489 e. The fourth-order valence-corrected chi connectivity index (χ4v) is 6.22. The van der Waals surface area contributed by atoms with E-state index in [1.165, 1.54) is 0 Å². The van der Waals surface area contributed by atoms with Gasteiger partial charge in [-0.25, -0.2) is 4.98 Å². The van der Waals surface area contributed by atoms with Gasteiger partial charge in [-0.15, -0.1) is 0 Å². The fraction of sp³-hybridized carbons (Fsp3) is 0.310. The van der Waals surface area contributed by atoms with Gasteiger partial charge in [0, 0.05) is 34.8 Å². The molecule has 0 saturated heterocycles. The molecule has 0 spiro atoms. The molecule has 1 aliphatic rings. The number of ether oxygens (including phenoxy) is 2. The van der Waals surface area contributed by atoms with E-state index >= 15 is 0 Å². The van der Waals surface area contributed by atoms with E-state index < -0.39 is 0 Å². The predicted octanol–water partition coefficient (Wildman–Crippen LogP) is 7.29. The summed E-state index contributed by atoms with van der Waals surface area (Å²) in [7, 11) is 0.557. The number of carbonyl (C=O) groups is 1. The lowest BCUT2D eigenvalue weighted by Crippen LogP contribution is -2.37. The number of fused-ring (bicyclic) bond motifs is 2. The van der Waals surface area contributed by atoms with E-state index in [0.717, 1.165) is 33.3 Å². The molecule has 3 heterocycles. The van der Waals surface area contributed by atoms with Crippen LogP contribution in [0.5, 0.6) is 11.6 Å². The Hall–Kier alpha value is -2.79. The number of pyridine rings is 1. The summed E-state index contributed by atoms with van der Waals surface area (Å²) in [5.74, 6) is 0.787. The highest BCUT2D eigenvalue weighted by Gasteiger charge is 2.32. The van der Waals surface area contributed by atoms with Crippen molar-refractivity contribution in [3.05, 3.63) is 86.7 Å². The van der Waals surface area contributed by atoms with E-state index in [-0.39, 0.29) is 12.0 Å². The van der Waals surface area contributed by atoms with Crippen LogP contribution in [-0.2, 0) is 19.6 Å². The van der Waals surface area contributed by atoms with Crippen LogP contribution in [0.3, 0.4) is 0 Å². The highest BCUT2D eigenvalue weighted by atomic mass is 35.5. The molecule has 198 valence electrons. The molecule has 38 heavy (non-hydrogen) atoms. The number of halogens is 2. The molecular formula is C29H30Cl2N3O3P. The Labute approximate surface area is 234 Å². The lowest BCUT2D eigenvalue weighted by molar-refractivity contribution is 0.0725.